The molecule has 0 unspecified atom stereocenters. The summed E-state index contributed by atoms with van der Waals surface area (Å²) in [5.41, 5.74) is 1.85. The van der Waals surface area contributed by atoms with Gasteiger partial charge in [0.25, 0.3) is 0 Å². The van der Waals surface area contributed by atoms with Gasteiger partial charge in [0.15, 0.2) is 0 Å². The van der Waals surface area contributed by atoms with E-state index in [4.69, 9.17) is 0 Å². The van der Waals surface area contributed by atoms with Gasteiger partial charge in [0.1, 0.15) is 18.4 Å². The summed E-state index contributed by atoms with van der Waals surface area (Å²) >= 11 is 0. The van der Waals surface area contributed by atoms with Gasteiger partial charge in [-0.2, -0.15) is 0 Å². The largest absolute Gasteiger partial charge is 0.337 e. The van der Waals surface area contributed by atoms with Crippen molar-refractivity contribution < 1.29 is 4.57 Å². The van der Waals surface area contributed by atoms with Gasteiger partial charge in [-0.1, -0.05) is 0 Å². The Bertz CT molecular complexity index is 408. The molecule has 4 heteroatoms. The van der Waals surface area contributed by atoms with E-state index in [2.05, 4.69) is 4.98 Å². The van der Waals surface area contributed by atoms with Crippen LogP contribution in [0.15, 0.2) is 6.20 Å². The van der Waals surface area contributed by atoms with E-state index >= 15 is 0 Å². The first-order chi connectivity index (χ1) is 7.12. The minimum atomic E-state index is -2.13. The third-order valence-electron chi connectivity index (χ3n) is 3.63. The highest BCUT2D eigenvalue weighted by Gasteiger charge is 2.53. The van der Waals surface area contributed by atoms with Crippen LogP contribution in [0.1, 0.15) is 31.5 Å². The highest BCUT2D eigenvalue weighted by atomic mass is 31.2. The lowest BCUT2D eigenvalue weighted by atomic mass is 10.7. The molecule has 0 aromatic carbocycles. The van der Waals surface area contributed by atoms with Crippen molar-refractivity contribution in [3.63, 3.8) is 0 Å². The average molecular weight is 224 g/mol. The molecule has 2 saturated carbocycles. The van der Waals surface area contributed by atoms with Gasteiger partial charge < -0.3 is 9.13 Å². The summed E-state index contributed by atoms with van der Waals surface area (Å²) in [6.07, 6.45) is 6.62. The van der Waals surface area contributed by atoms with Crippen LogP contribution in [-0.2, 0) is 11.6 Å². The molecule has 3 rings (SSSR count). The van der Waals surface area contributed by atoms with Crippen molar-refractivity contribution in [2.75, 3.05) is 0 Å². The van der Waals surface area contributed by atoms with E-state index in [9.17, 15) is 4.57 Å². The maximum Gasteiger partial charge on any atom is 0.140 e. The fourth-order valence-corrected chi connectivity index (χ4v) is 6.13. The van der Waals surface area contributed by atoms with E-state index in [1.54, 1.807) is 0 Å². The van der Waals surface area contributed by atoms with Crippen LogP contribution in [0.4, 0.5) is 0 Å². The number of hydrogen-bond acceptors (Lipinski definition) is 2. The lowest BCUT2D eigenvalue weighted by Crippen LogP contribution is -2.13. The summed E-state index contributed by atoms with van der Waals surface area (Å²) in [4.78, 5) is 4.50. The molecule has 0 amide bonds. The van der Waals surface area contributed by atoms with Crippen LogP contribution < -0.4 is 5.44 Å². The molecule has 1 heterocycles. The normalized spacial score (nSPS) is 22.0. The average Bonchev–Trinajstić information content (AvgIpc) is 3.05. The number of nitrogens with zero attached hydrogens (tertiary/aromatic N) is 2. The van der Waals surface area contributed by atoms with E-state index in [0.29, 0.717) is 11.3 Å². The molecule has 0 atom stereocenters. The Hall–Kier alpha value is -0.560. The number of hydrogen-bond donors (Lipinski definition) is 0. The van der Waals surface area contributed by atoms with Crippen LogP contribution in [0, 0.1) is 6.92 Å². The maximum absolute atomic E-state index is 13.0. The van der Waals surface area contributed by atoms with Crippen molar-refractivity contribution in [3.8, 4) is 0 Å². The lowest BCUT2D eigenvalue weighted by molar-refractivity contribution is 0.578. The smallest absolute Gasteiger partial charge is 0.140 e. The van der Waals surface area contributed by atoms with Crippen LogP contribution in [0.3, 0.4) is 0 Å². The van der Waals surface area contributed by atoms with Gasteiger partial charge in [-0.25, -0.2) is 4.98 Å². The quantitative estimate of drug-likeness (QED) is 0.736. The standard InChI is InChI=1S/C11H17N2OP/c1-8-12-11(7-13(8)2)15(14,9-3-4-9)10-5-6-10/h7,9-10H,3-6H2,1-2H3. The number of aromatic nitrogens is 2. The summed E-state index contributed by atoms with van der Waals surface area (Å²) in [7, 11) is -0.149. The second kappa shape index (κ2) is 2.98. The SMILES string of the molecule is Cc1nc(P(=O)(C2CC2)C2CC2)cn1C. The van der Waals surface area contributed by atoms with Crippen LogP contribution in [0.25, 0.3) is 0 Å². The van der Waals surface area contributed by atoms with Crippen molar-refractivity contribution in [1.29, 1.82) is 0 Å². The molecule has 0 saturated heterocycles. The molecule has 0 bridgehead atoms. The number of imidazole rings is 1. The summed E-state index contributed by atoms with van der Waals surface area (Å²) in [6.45, 7) is 1.98. The Balaban J connectivity index is 2.05. The first kappa shape index (κ1) is 9.65. The van der Waals surface area contributed by atoms with Crippen molar-refractivity contribution in [2.45, 2.75) is 43.9 Å². The summed E-state index contributed by atoms with van der Waals surface area (Å²) in [6, 6.07) is 0. The Kier molecular flexibility index (Phi) is 1.91. The Morgan fingerprint density at radius 2 is 1.87 bits per heavy atom. The molecular formula is C11H17N2OP. The molecular weight excluding hydrogens is 207 g/mol. The molecule has 1 aromatic heterocycles. The molecule has 2 fully saturated rings. The minimum Gasteiger partial charge on any atom is -0.337 e. The summed E-state index contributed by atoms with van der Waals surface area (Å²) in [5, 5.41) is 0. The van der Waals surface area contributed by atoms with Crippen molar-refractivity contribution >= 4 is 12.6 Å². The van der Waals surface area contributed by atoms with E-state index < -0.39 is 7.14 Å². The topological polar surface area (TPSA) is 34.9 Å². The first-order valence-corrected chi connectivity index (χ1v) is 7.57. The number of rotatable bonds is 3. The minimum absolute atomic E-state index is 0.472. The summed E-state index contributed by atoms with van der Waals surface area (Å²) in [5.74, 6) is 0.978. The zero-order valence-corrected chi connectivity index (χ0v) is 10.2. The number of aryl methyl sites for hydroxylation is 2. The zero-order valence-electron chi connectivity index (χ0n) is 9.31. The second-order valence-corrected chi connectivity index (χ2v) is 8.27. The second-order valence-electron chi connectivity index (χ2n) is 4.93. The van der Waals surface area contributed by atoms with Crippen LogP contribution in [-0.4, -0.2) is 20.9 Å². The van der Waals surface area contributed by atoms with Gasteiger partial charge in [-0.15, -0.1) is 0 Å². The third-order valence-corrected chi connectivity index (χ3v) is 7.77. The van der Waals surface area contributed by atoms with Crippen LogP contribution >= 0.6 is 7.14 Å². The third kappa shape index (κ3) is 1.40. The zero-order chi connectivity index (χ0) is 10.6. The van der Waals surface area contributed by atoms with Crippen LogP contribution in [0.2, 0.25) is 0 Å². The molecule has 15 heavy (non-hydrogen) atoms. The summed E-state index contributed by atoms with van der Waals surface area (Å²) < 4.78 is 15.0. The molecule has 3 nitrogen and oxygen atoms in total. The van der Waals surface area contributed by atoms with Crippen molar-refractivity contribution in [1.82, 2.24) is 9.55 Å². The lowest BCUT2D eigenvalue weighted by Gasteiger charge is -2.13. The molecule has 0 aliphatic heterocycles. The Morgan fingerprint density at radius 1 is 1.33 bits per heavy atom. The van der Waals surface area contributed by atoms with E-state index in [1.165, 1.54) is 0 Å². The predicted molar refractivity (Wildman–Crippen MR) is 61.2 cm³/mol. The van der Waals surface area contributed by atoms with E-state index in [0.717, 1.165) is 36.9 Å². The molecule has 0 spiro atoms. The van der Waals surface area contributed by atoms with Gasteiger partial charge in [0.2, 0.25) is 0 Å². The fourth-order valence-electron chi connectivity index (χ4n) is 2.30. The van der Waals surface area contributed by atoms with Crippen LogP contribution in [0.5, 0.6) is 0 Å². The highest BCUT2D eigenvalue weighted by Crippen LogP contribution is 2.69. The van der Waals surface area contributed by atoms with Gasteiger partial charge in [-0.05, 0) is 32.6 Å². The van der Waals surface area contributed by atoms with E-state index in [-0.39, 0.29) is 0 Å². The molecule has 1 aromatic rings. The molecule has 0 N–H and O–H groups in total. The van der Waals surface area contributed by atoms with Gasteiger partial charge in [0, 0.05) is 24.6 Å². The predicted octanol–water partition coefficient (Wildman–Crippen LogP) is 2.04. The van der Waals surface area contributed by atoms with Crippen molar-refractivity contribution in [2.24, 2.45) is 7.05 Å². The molecule has 2 aliphatic carbocycles. The first-order valence-electron chi connectivity index (χ1n) is 5.72. The highest BCUT2D eigenvalue weighted by molar-refractivity contribution is 7.73. The Labute approximate surface area is 90.3 Å². The monoisotopic (exact) mass is 224 g/mol. The van der Waals surface area contributed by atoms with E-state index in [1.807, 2.05) is 24.7 Å². The Morgan fingerprint density at radius 3 is 2.20 bits per heavy atom. The van der Waals surface area contributed by atoms with Gasteiger partial charge in [-0.3, -0.25) is 0 Å². The molecule has 2 aliphatic rings. The maximum atomic E-state index is 13.0. The molecule has 0 radical (unpaired) electrons. The van der Waals surface area contributed by atoms with Crippen molar-refractivity contribution in [3.05, 3.63) is 12.0 Å². The fraction of sp³-hybridized carbons (Fsp3) is 0.727. The molecule has 82 valence electrons. The van der Waals surface area contributed by atoms with Gasteiger partial charge >= 0.3 is 0 Å². The van der Waals surface area contributed by atoms with Gasteiger partial charge in [0.05, 0.1) is 0 Å².